The quantitative estimate of drug-likeness (QED) is 0.325. The lowest BCUT2D eigenvalue weighted by atomic mass is 10.1. The number of aromatic nitrogens is 4. The Morgan fingerprint density at radius 1 is 1.18 bits per heavy atom. The summed E-state index contributed by atoms with van der Waals surface area (Å²) in [6.45, 7) is 1.89. The number of ether oxygens (including phenoxy) is 1. The molecular weight excluding hydrogens is 504 g/mol. The molecule has 1 fully saturated rings. The van der Waals surface area contributed by atoms with Crippen molar-refractivity contribution >= 4 is 23.2 Å². The van der Waals surface area contributed by atoms with Crippen molar-refractivity contribution in [3.63, 3.8) is 0 Å². The first-order valence-electron chi connectivity index (χ1n) is 12.6. The van der Waals surface area contributed by atoms with Crippen molar-refractivity contribution in [2.45, 2.75) is 57.8 Å². The van der Waals surface area contributed by atoms with Crippen molar-refractivity contribution in [3.8, 4) is 17.1 Å². The van der Waals surface area contributed by atoms with Crippen LogP contribution < -0.4 is 10.1 Å². The van der Waals surface area contributed by atoms with E-state index in [9.17, 15) is 9.59 Å². The second-order valence-electron chi connectivity index (χ2n) is 9.31. The highest BCUT2D eigenvalue weighted by molar-refractivity contribution is 7.09. The lowest BCUT2D eigenvalue weighted by molar-refractivity contribution is -0.143. The third-order valence-electron chi connectivity index (χ3n) is 6.60. The molecule has 0 saturated heterocycles. The molecule has 38 heavy (non-hydrogen) atoms. The summed E-state index contributed by atoms with van der Waals surface area (Å²) in [7, 11) is 1.60. The third kappa shape index (κ3) is 5.94. The van der Waals surface area contributed by atoms with E-state index in [-0.39, 0.29) is 30.9 Å². The van der Waals surface area contributed by atoms with Gasteiger partial charge < -0.3 is 19.4 Å². The summed E-state index contributed by atoms with van der Waals surface area (Å²) in [6, 6.07) is 13.9. The molecule has 1 aromatic carbocycles. The smallest absolute Gasteiger partial charge is 0.250 e. The molecule has 198 valence electrons. The lowest BCUT2D eigenvalue weighted by Crippen LogP contribution is -2.46. The normalized spacial score (nSPS) is 14.4. The van der Waals surface area contributed by atoms with E-state index in [1.807, 2.05) is 48.7 Å². The molecule has 1 atom stereocenters. The highest BCUT2D eigenvalue weighted by atomic mass is 32.1. The van der Waals surface area contributed by atoms with Crippen molar-refractivity contribution in [3.05, 3.63) is 70.3 Å². The Kier molecular flexibility index (Phi) is 7.83. The number of thiophene rings is 1. The fourth-order valence-electron chi connectivity index (χ4n) is 4.65. The Balaban J connectivity index is 1.41. The van der Waals surface area contributed by atoms with E-state index in [2.05, 4.69) is 20.7 Å². The van der Waals surface area contributed by atoms with Gasteiger partial charge in [0.05, 0.1) is 13.7 Å². The molecule has 1 unspecified atom stereocenters. The van der Waals surface area contributed by atoms with E-state index in [1.54, 1.807) is 24.1 Å². The standard InChI is InChI=1S/C27H30N6O4S/c1-18-9-14-23(37-18)25(27(35)28-20-6-3-4-7-20)32(16-22-8-5-15-38-22)24(34)17-33-30-26(29-31-33)19-10-12-21(36-2)13-11-19/h5,8-15,20,25H,3-4,6-7,16-17H2,1-2H3,(H,28,35). The highest BCUT2D eigenvalue weighted by Crippen LogP contribution is 2.28. The second-order valence-corrected chi connectivity index (χ2v) is 10.3. The number of carbonyl (C=O) groups excluding carboxylic acids is 2. The Morgan fingerprint density at radius 2 is 1.97 bits per heavy atom. The number of hydrogen-bond donors (Lipinski definition) is 1. The molecular formula is C27H30N6O4S. The number of benzene rings is 1. The molecule has 10 nitrogen and oxygen atoms in total. The zero-order valence-electron chi connectivity index (χ0n) is 21.4. The molecule has 3 heterocycles. The van der Waals surface area contributed by atoms with Crippen LogP contribution in [0.5, 0.6) is 5.75 Å². The molecule has 2 amide bonds. The molecule has 0 bridgehead atoms. The summed E-state index contributed by atoms with van der Waals surface area (Å²) in [6.07, 6.45) is 4.04. The number of rotatable bonds is 10. The van der Waals surface area contributed by atoms with Crippen LogP contribution in [0.25, 0.3) is 11.4 Å². The van der Waals surface area contributed by atoms with Gasteiger partial charge in [-0.1, -0.05) is 18.9 Å². The molecule has 0 spiro atoms. The Labute approximate surface area is 224 Å². The van der Waals surface area contributed by atoms with Gasteiger partial charge in [-0.2, -0.15) is 4.80 Å². The molecule has 1 aliphatic rings. The van der Waals surface area contributed by atoms with Crippen molar-refractivity contribution in [1.29, 1.82) is 0 Å². The van der Waals surface area contributed by atoms with Gasteiger partial charge in [0.1, 0.15) is 23.8 Å². The van der Waals surface area contributed by atoms with Gasteiger partial charge in [0.2, 0.25) is 11.7 Å². The number of amides is 2. The average Bonchev–Trinajstić information content (AvgIpc) is 3.73. The van der Waals surface area contributed by atoms with Crippen LogP contribution >= 0.6 is 11.3 Å². The van der Waals surface area contributed by atoms with Crippen LogP contribution in [-0.4, -0.2) is 50.1 Å². The SMILES string of the molecule is COc1ccc(-c2nnn(CC(=O)N(Cc3cccs3)C(C(=O)NC3CCCC3)c3ccc(C)o3)n2)cc1. The van der Waals surface area contributed by atoms with Crippen molar-refractivity contribution in [2.75, 3.05) is 7.11 Å². The third-order valence-corrected chi connectivity index (χ3v) is 7.46. The number of tetrazole rings is 1. The predicted octanol–water partition coefficient (Wildman–Crippen LogP) is 4.14. The summed E-state index contributed by atoms with van der Waals surface area (Å²) in [4.78, 5) is 31.2. The summed E-state index contributed by atoms with van der Waals surface area (Å²) in [5.41, 5.74) is 0.750. The molecule has 3 aromatic heterocycles. The van der Waals surface area contributed by atoms with E-state index in [0.717, 1.165) is 41.9 Å². The van der Waals surface area contributed by atoms with Crippen LogP contribution in [0.2, 0.25) is 0 Å². The predicted molar refractivity (Wildman–Crippen MR) is 141 cm³/mol. The first kappa shape index (κ1) is 25.7. The van der Waals surface area contributed by atoms with Crippen LogP contribution in [-0.2, 0) is 22.7 Å². The number of nitrogens with one attached hydrogen (secondary N) is 1. The monoisotopic (exact) mass is 534 g/mol. The second kappa shape index (κ2) is 11.6. The van der Waals surface area contributed by atoms with Crippen molar-refractivity contribution < 1.29 is 18.7 Å². The maximum absolute atomic E-state index is 13.8. The number of aryl methyl sites for hydroxylation is 1. The van der Waals surface area contributed by atoms with Gasteiger partial charge >= 0.3 is 0 Å². The number of nitrogens with zero attached hydrogens (tertiary/aromatic N) is 5. The Bertz CT molecular complexity index is 1360. The minimum Gasteiger partial charge on any atom is -0.497 e. The van der Waals surface area contributed by atoms with E-state index in [1.165, 1.54) is 16.1 Å². The molecule has 4 aromatic rings. The Hall–Kier alpha value is -3.99. The molecule has 1 saturated carbocycles. The minimum atomic E-state index is -0.927. The Morgan fingerprint density at radius 3 is 2.63 bits per heavy atom. The molecule has 0 radical (unpaired) electrons. The molecule has 11 heteroatoms. The summed E-state index contributed by atoms with van der Waals surface area (Å²) < 4.78 is 11.1. The van der Waals surface area contributed by atoms with E-state index < -0.39 is 6.04 Å². The zero-order valence-corrected chi connectivity index (χ0v) is 22.2. The summed E-state index contributed by atoms with van der Waals surface area (Å²) in [5, 5.41) is 17.7. The van der Waals surface area contributed by atoms with Gasteiger partial charge in [-0.15, -0.1) is 21.5 Å². The van der Waals surface area contributed by atoms with Gasteiger partial charge in [0.25, 0.3) is 5.91 Å². The summed E-state index contributed by atoms with van der Waals surface area (Å²) in [5.74, 6) is 1.63. The first-order chi connectivity index (χ1) is 18.5. The largest absolute Gasteiger partial charge is 0.497 e. The minimum absolute atomic E-state index is 0.101. The van der Waals surface area contributed by atoms with Gasteiger partial charge in [-0.3, -0.25) is 9.59 Å². The van der Waals surface area contributed by atoms with Crippen LogP contribution in [0.15, 0.2) is 58.3 Å². The van der Waals surface area contributed by atoms with Gasteiger partial charge in [0.15, 0.2) is 6.04 Å². The maximum atomic E-state index is 13.8. The van der Waals surface area contributed by atoms with E-state index in [4.69, 9.17) is 9.15 Å². The summed E-state index contributed by atoms with van der Waals surface area (Å²) >= 11 is 1.52. The number of hydrogen-bond acceptors (Lipinski definition) is 8. The van der Waals surface area contributed by atoms with Gasteiger partial charge in [-0.25, -0.2) is 0 Å². The first-order valence-corrected chi connectivity index (χ1v) is 13.5. The topological polar surface area (TPSA) is 115 Å². The number of furan rings is 1. The fraction of sp³-hybridized carbons (Fsp3) is 0.370. The average molecular weight is 535 g/mol. The molecule has 5 rings (SSSR count). The van der Waals surface area contributed by atoms with Crippen LogP contribution in [0, 0.1) is 6.92 Å². The van der Waals surface area contributed by atoms with E-state index in [0.29, 0.717) is 17.3 Å². The number of carbonyl (C=O) groups is 2. The fourth-order valence-corrected chi connectivity index (χ4v) is 5.35. The van der Waals surface area contributed by atoms with E-state index >= 15 is 0 Å². The highest BCUT2D eigenvalue weighted by Gasteiger charge is 2.36. The van der Waals surface area contributed by atoms with Crippen LogP contribution in [0.1, 0.15) is 48.1 Å². The van der Waals surface area contributed by atoms with Gasteiger partial charge in [-0.05, 0) is 72.8 Å². The molecule has 1 aliphatic carbocycles. The molecule has 1 N–H and O–H groups in total. The number of methoxy groups -OCH3 is 1. The van der Waals surface area contributed by atoms with Crippen molar-refractivity contribution in [1.82, 2.24) is 30.4 Å². The molecule has 0 aliphatic heterocycles. The lowest BCUT2D eigenvalue weighted by Gasteiger charge is -2.30. The van der Waals surface area contributed by atoms with Crippen molar-refractivity contribution in [2.24, 2.45) is 0 Å². The zero-order chi connectivity index (χ0) is 26.5. The van der Waals surface area contributed by atoms with Crippen LogP contribution in [0.3, 0.4) is 0 Å². The maximum Gasteiger partial charge on any atom is 0.250 e. The van der Waals surface area contributed by atoms with Gasteiger partial charge in [0, 0.05) is 16.5 Å². The van der Waals surface area contributed by atoms with Crippen LogP contribution in [0.4, 0.5) is 0 Å².